The first-order chi connectivity index (χ1) is 15.7. The average molecular weight is 454 g/mol. The van der Waals surface area contributed by atoms with E-state index in [1.54, 1.807) is 7.05 Å². The van der Waals surface area contributed by atoms with Gasteiger partial charge in [-0.1, -0.05) is 24.3 Å². The number of aliphatic hydroxyl groups is 1. The number of halogens is 2. The van der Waals surface area contributed by atoms with E-state index in [9.17, 15) is 23.5 Å². The fourth-order valence-electron chi connectivity index (χ4n) is 3.19. The van der Waals surface area contributed by atoms with E-state index >= 15 is 0 Å². The summed E-state index contributed by atoms with van der Waals surface area (Å²) in [6, 6.07) is 11.2. The quantitative estimate of drug-likeness (QED) is 0.377. The summed E-state index contributed by atoms with van der Waals surface area (Å²) in [5.74, 6) is -2.36. The van der Waals surface area contributed by atoms with Crippen molar-refractivity contribution in [3.8, 4) is 0 Å². The van der Waals surface area contributed by atoms with Crippen LogP contribution in [0.25, 0.3) is 11.1 Å². The molecule has 2 N–H and O–H groups in total. The number of hydrogen-bond donors (Lipinski definition) is 2. The summed E-state index contributed by atoms with van der Waals surface area (Å²) < 4.78 is 28.5. The molecule has 0 amide bonds. The molecule has 2 aromatic carbocycles. The number of carbonyl (C=O) groups is 2. The van der Waals surface area contributed by atoms with Crippen molar-refractivity contribution in [3.05, 3.63) is 89.3 Å². The molecule has 3 rings (SSSR count). The van der Waals surface area contributed by atoms with Crippen LogP contribution < -0.4 is 0 Å². The van der Waals surface area contributed by atoms with Crippen molar-refractivity contribution in [2.45, 2.75) is 18.9 Å². The molecule has 1 heterocycles. The second-order valence-corrected chi connectivity index (χ2v) is 7.18. The maximum absolute atomic E-state index is 13.6. The average Bonchev–Trinajstić information content (AvgIpc) is 3.18. The molecule has 0 fully saturated rings. The Morgan fingerprint density at radius 3 is 1.97 bits per heavy atom. The monoisotopic (exact) mass is 454 g/mol. The summed E-state index contributed by atoms with van der Waals surface area (Å²) in [5.41, 5.74) is 2.00. The van der Waals surface area contributed by atoms with Crippen molar-refractivity contribution in [2.24, 2.45) is 7.05 Å². The van der Waals surface area contributed by atoms with Gasteiger partial charge in [0.05, 0.1) is 12.5 Å². The van der Waals surface area contributed by atoms with E-state index < -0.39 is 42.3 Å². The van der Waals surface area contributed by atoms with Crippen LogP contribution in [-0.2, 0) is 16.6 Å². The molecule has 0 spiro atoms. The normalized spacial score (nSPS) is 12.0. The minimum atomic E-state index is -1.34. The SMILES string of the molecule is Cn1nnnc1C(C=CC(=O)CC(O)CC(=O)O)=C(c1ccc(F)cc1)c1ccc(F)cc1. The molecule has 33 heavy (non-hydrogen) atoms. The summed E-state index contributed by atoms with van der Waals surface area (Å²) in [5, 5.41) is 30.0. The predicted octanol–water partition coefficient (Wildman–Crippen LogP) is 2.80. The van der Waals surface area contributed by atoms with Crippen molar-refractivity contribution in [2.75, 3.05) is 0 Å². The summed E-state index contributed by atoms with van der Waals surface area (Å²) in [6.07, 6.45) is 0.324. The van der Waals surface area contributed by atoms with Crippen molar-refractivity contribution >= 4 is 22.9 Å². The van der Waals surface area contributed by atoms with Gasteiger partial charge < -0.3 is 10.2 Å². The Kier molecular flexibility index (Phi) is 7.52. The smallest absolute Gasteiger partial charge is 0.305 e. The van der Waals surface area contributed by atoms with E-state index in [-0.39, 0.29) is 5.82 Å². The predicted molar refractivity (Wildman–Crippen MR) is 115 cm³/mol. The number of carbonyl (C=O) groups excluding carboxylic acids is 1. The molecule has 0 saturated heterocycles. The zero-order chi connectivity index (χ0) is 24.0. The fourth-order valence-corrected chi connectivity index (χ4v) is 3.19. The molecule has 1 unspecified atom stereocenters. The molecule has 0 radical (unpaired) electrons. The number of tetrazole rings is 1. The van der Waals surface area contributed by atoms with Crippen LogP contribution in [0.3, 0.4) is 0 Å². The van der Waals surface area contributed by atoms with Gasteiger partial charge in [0.25, 0.3) is 0 Å². The van der Waals surface area contributed by atoms with Crippen molar-refractivity contribution in [1.29, 1.82) is 0 Å². The first kappa shape index (κ1) is 23.6. The van der Waals surface area contributed by atoms with Gasteiger partial charge >= 0.3 is 5.97 Å². The largest absolute Gasteiger partial charge is 0.481 e. The van der Waals surface area contributed by atoms with E-state index in [0.717, 1.165) is 0 Å². The molecule has 8 nitrogen and oxygen atoms in total. The van der Waals surface area contributed by atoms with Crippen LogP contribution in [0, 0.1) is 11.6 Å². The summed E-state index contributed by atoms with van der Waals surface area (Å²) >= 11 is 0. The number of carboxylic acids is 1. The lowest BCUT2D eigenvalue weighted by molar-refractivity contribution is -0.139. The Morgan fingerprint density at radius 1 is 0.970 bits per heavy atom. The Hall–Kier alpha value is -4.05. The van der Waals surface area contributed by atoms with E-state index in [1.165, 1.54) is 65.4 Å². The molecule has 0 bridgehead atoms. The zero-order valence-electron chi connectivity index (χ0n) is 17.5. The molecule has 0 aliphatic rings. The number of benzene rings is 2. The van der Waals surface area contributed by atoms with Crippen LogP contribution in [0.15, 0.2) is 60.7 Å². The molecule has 0 aliphatic heterocycles. The number of aryl methyl sites for hydroxylation is 1. The van der Waals surface area contributed by atoms with E-state index in [0.29, 0.717) is 22.3 Å². The molecule has 1 aromatic heterocycles. The van der Waals surface area contributed by atoms with Crippen LogP contribution in [0.2, 0.25) is 0 Å². The number of ketones is 1. The van der Waals surface area contributed by atoms with Gasteiger partial charge in [0.1, 0.15) is 11.6 Å². The molecule has 0 aliphatic carbocycles. The third-order valence-corrected chi connectivity index (χ3v) is 4.68. The van der Waals surface area contributed by atoms with Crippen molar-refractivity contribution < 1.29 is 28.6 Å². The number of carboxylic acid groups (broad SMARTS) is 1. The molecular weight excluding hydrogens is 434 g/mol. The third kappa shape index (κ3) is 6.23. The van der Waals surface area contributed by atoms with Crippen LogP contribution in [0.4, 0.5) is 8.78 Å². The lowest BCUT2D eigenvalue weighted by Crippen LogP contribution is -2.16. The number of aliphatic hydroxyl groups excluding tert-OH is 1. The molecule has 1 atom stereocenters. The minimum Gasteiger partial charge on any atom is -0.481 e. The van der Waals surface area contributed by atoms with Crippen LogP contribution >= 0.6 is 0 Å². The highest BCUT2D eigenvalue weighted by atomic mass is 19.1. The number of allylic oxidation sites excluding steroid dienone is 3. The topological polar surface area (TPSA) is 118 Å². The second-order valence-electron chi connectivity index (χ2n) is 7.18. The van der Waals surface area contributed by atoms with E-state index in [4.69, 9.17) is 5.11 Å². The molecule has 3 aromatic rings. The zero-order valence-corrected chi connectivity index (χ0v) is 17.5. The molecule has 10 heteroatoms. The van der Waals surface area contributed by atoms with Crippen molar-refractivity contribution in [1.82, 2.24) is 20.2 Å². The maximum atomic E-state index is 13.6. The fraction of sp³-hybridized carbons (Fsp3) is 0.174. The van der Waals surface area contributed by atoms with Gasteiger partial charge in [-0.3, -0.25) is 9.59 Å². The van der Waals surface area contributed by atoms with Gasteiger partial charge in [0, 0.05) is 19.0 Å². The lowest BCUT2D eigenvalue weighted by Gasteiger charge is -2.14. The number of aliphatic carboxylic acids is 1. The second kappa shape index (κ2) is 10.5. The highest BCUT2D eigenvalue weighted by Crippen LogP contribution is 2.32. The summed E-state index contributed by atoms with van der Waals surface area (Å²) in [7, 11) is 1.59. The lowest BCUT2D eigenvalue weighted by atomic mass is 9.92. The highest BCUT2D eigenvalue weighted by Gasteiger charge is 2.18. The Bertz CT molecular complexity index is 1150. The molecule has 0 saturated carbocycles. The van der Waals surface area contributed by atoms with Crippen molar-refractivity contribution in [3.63, 3.8) is 0 Å². The number of rotatable bonds is 9. The molecular formula is C23H20F2N4O4. The Balaban J connectivity index is 2.15. The Morgan fingerprint density at radius 2 is 1.52 bits per heavy atom. The van der Waals surface area contributed by atoms with Gasteiger partial charge in [-0.05, 0) is 63.5 Å². The van der Waals surface area contributed by atoms with Crippen LogP contribution in [-0.4, -0.2) is 48.3 Å². The standard InChI is InChI=1S/C23H20F2N4O4/c1-29-23(26-27-28-29)20(11-10-18(30)12-19(31)13-21(32)33)22(14-2-6-16(24)7-3-14)15-4-8-17(25)9-5-15/h2-11,19,31H,12-13H2,1H3,(H,32,33). The number of hydrogen-bond acceptors (Lipinski definition) is 6. The van der Waals surface area contributed by atoms with Gasteiger partial charge in [0.15, 0.2) is 11.6 Å². The van der Waals surface area contributed by atoms with Crippen LogP contribution in [0.5, 0.6) is 0 Å². The first-order valence-electron chi connectivity index (χ1n) is 9.84. The van der Waals surface area contributed by atoms with Crippen LogP contribution in [0.1, 0.15) is 29.8 Å². The first-order valence-corrected chi connectivity index (χ1v) is 9.84. The highest BCUT2D eigenvalue weighted by molar-refractivity contribution is 6.03. The minimum absolute atomic E-state index is 0.272. The Labute approximate surface area is 187 Å². The number of nitrogens with zero attached hydrogens (tertiary/aromatic N) is 4. The van der Waals surface area contributed by atoms with E-state index in [1.807, 2.05) is 0 Å². The summed E-state index contributed by atoms with van der Waals surface area (Å²) in [4.78, 5) is 23.1. The maximum Gasteiger partial charge on any atom is 0.305 e. The third-order valence-electron chi connectivity index (χ3n) is 4.68. The summed E-state index contributed by atoms with van der Waals surface area (Å²) in [6.45, 7) is 0. The molecule has 170 valence electrons. The van der Waals surface area contributed by atoms with Gasteiger partial charge in [-0.2, -0.15) is 0 Å². The van der Waals surface area contributed by atoms with Gasteiger partial charge in [-0.25, -0.2) is 13.5 Å². The van der Waals surface area contributed by atoms with Gasteiger partial charge in [0.2, 0.25) is 0 Å². The van der Waals surface area contributed by atoms with Gasteiger partial charge in [-0.15, -0.1) is 5.10 Å². The van der Waals surface area contributed by atoms with E-state index in [2.05, 4.69) is 15.5 Å². The number of aromatic nitrogens is 4.